The van der Waals surface area contributed by atoms with Crippen molar-refractivity contribution < 1.29 is 0 Å². The highest BCUT2D eigenvalue weighted by molar-refractivity contribution is 5.76. The Balaban J connectivity index is 2.02. The van der Waals surface area contributed by atoms with E-state index in [1.54, 1.807) is 0 Å². The first-order valence-corrected chi connectivity index (χ1v) is 5.78. The minimum Gasteiger partial charge on any atom is -0.331 e. The van der Waals surface area contributed by atoms with Crippen LogP contribution in [-0.2, 0) is 13.5 Å². The molecule has 1 aromatic heterocycles. The molecule has 1 heterocycles. The summed E-state index contributed by atoms with van der Waals surface area (Å²) in [5.74, 6) is 1.06. The maximum absolute atomic E-state index is 6.13. The summed E-state index contributed by atoms with van der Waals surface area (Å²) in [4.78, 5) is 4.55. The summed E-state index contributed by atoms with van der Waals surface area (Å²) in [6.45, 7) is 2.03. The smallest absolute Gasteiger partial charge is 0.106 e. The lowest BCUT2D eigenvalue weighted by Gasteiger charge is -2.08. The van der Waals surface area contributed by atoms with Gasteiger partial charge in [-0.3, -0.25) is 0 Å². The van der Waals surface area contributed by atoms with Crippen molar-refractivity contribution in [2.75, 3.05) is 0 Å². The van der Waals surface area contributed by atoms with E-state index in [-0.39, 0.29) is 5.54 Å². The molecular weight excluding hydrogens is 198 g/mol. The zero-order chi connectivity index (χ0) is 11.3. The number of hydrogen-bond donors (Lipinski definition) is 1. The quantitative estimate of drug-likeness (QED) is 0.831. The fourth-order valence-electron chi connectivity index (χ4n) is 2.22. The van der Waals surface area contributed by atoms with Gasteiger partial charge in [0.05, 0.1) is 11.0 Å². The SMILES string of the molecule is Cc1nc2cc(CC3(N)CC3)ccc2n1C. The minimum atomic E-state index is 0.0809. The fraction of sp³-hybridized carbons (Fsp3) is 0.462. The van der Waals surface area contributed by atoms with Gasteiger partial charge in [0, 0.05) is 12.6 Å². The summed E-state index contributed by atoms with van der Waals surface area (Å²) in [6, 6.07) is 6.50. The van der Waals surface area contributed by atoms with E-state index < -0.39 is 0 Å². The first kappa shape index (κ1) is 9.85. The molecule has 1 aliphatic rings. The van der Waals surface area contributed by atoms with Crippen LogP contribution in [0.3, 0.4) is 0 Å². The molecule has 0 aliphatic heterocycles. The van der Waals surface area contributed by atoms with Crippen molar-refractivity contribution in [1.29, 1.82) is 0 Å². The van der Waals surface area contributed by atoms with E-state index in [9.17, 15) is 0 Å². The second kappa shape index (κ2) is 3.08. The Morgan fingerprint density at radius 2 is 2.19 bits per heavy atom. The van der Waals surface area contributed by atoms with E-state index in [4.69, 9.17) is 5.73 Å². The average molecular weight is 215 g/mol. The van der Waals surface area contributed by atoms with Crippen molar-refractivity contribution in [1.82, 2.24) is 9.55 Å². The van der Waals surface area contributed by atoms with Crippen molar-refractivity contribution in [2.45, 2.75) is 31.7 Å². The number of rotatable bonds is 2. The van der Waals surface area contributed by atoms with Crippen LogP contribution in [0.1, 0.15) is 24.2 Å². The van der Waals surface area contributed by atoms with Gasteiger partial charge in [-0.1, -0.05) is 6.07 Å². The topological polar surface area (TPSA) is 43.8 Å². The third-order valence-electron chi connectivity index (χ3n) is 3.62. The third-order valence-corrected chi connectivity index (χ3v) is 3.62. The molecule has 0 bridgehead atoms. The van der Waals surface area contributed by atoms with Crippen LogP contribution < -0.4 is 5.73 Å². The molecule has 2 N–H and O–H groups in total. The summed E-state index contributed by atoms with van der Waals surface area (Å²) in [5, 5.41) is 0. The van der Waals surface area contributed by atoms with Crippen LogP contribution in [0.15, 0.2) is 18.2 Å². The Bertz CT molecular complexity index is 550. The van der Waals surface area contributed by atoms with Gasteiger partial charge in [0.2, 0.25) is 0 Å². The highest BCUT2D eigenvalue weighted by atomic mass is 15.0. The zero-order valence-electron chi connectivity index (χ0n) is 9.83. The molecule has 0 atom stereocenters. The maximum Gasteiger partial charge on any atom is 0.106 e. The second-order valence-electron chi connectivity index (χ2n) is 5.08. The van der Waals surface area contributed by atoms with Gasteiger partial charge in [0.1, 0.15) is 5.82 Å². The first-order valence-electron chi connectivity index (χ1n) is 5.78. The molecule has 3 rings (SSSR count). The third kappa shape index (κ3) is 1.52. The van der Waals surface area contributed by atoms with Gasteiger partial charge >= 0.3 is 0 Å². The summed E-state index contributed by atoms with van der Waals surface area (Å²) in [5.41, 5.74) is 9.81. The van der Waals surface area contributed by atoms with Crippen molar-refractivity contribution >= 4 is 11.0 Å². The fourth-order valence-corrected chi connectivity index (χ4v) is 2.22. The van der Waals surface area contributed by atoms with Crippen LogP contribution in [0.25, 0.3) is 11.0 Å². The number of hydrogen-bond acceptors (Lipinski definition) is 2. The molecular formula is C13H17N3. The van der Waals surface area contributed by atoms with Crippen LogP contribution in [0.4, 0.5) is 0 Å². The molecule has 3 heteroatoms. The molecule has 3 nitrogen and oxygen atoms in total. The van der Waals surface area contributed by atoms with E-state index in [1.807, 2.05) is 6.92 Å². The van der Waals surface area contributed by atoms with Crippen molar-refractivity contribution in [3.63, 3.8) is 0 Å². The summed E-state index contributed by atoms with van der Waals surface area (Å²) >= 11 is 0. The molecule has 0 saturated heterocycles. The van der Waals surface area contributed by atoms with E-state index in [0.717, 1.165) is 30.6 Å². The maximum atomic E-state index is 6.13. The first-order chi connectivity index (χ1) is 7.57. The van der Waals surface area contributed by atoms with Gasteiger partial charge in [0.25, 0.3) is 0 Å². The normalized spacial score (nSPS) is 17.9. The van der Waals surface area contributed by atoms with Crippen LogP contribution in [0.2, 0.25) is 0 Å². The standard InChI is InChI=1S/C13H17N3/c1-9-15-11-7-10(8-13(14)5-6-13)3-4-12(11)16(9)2/h3-4,7H,5-6,8,14H2,1-2H3. The van der Waals surface area contributed by atoms with Crippen LogP contribution in [0.5, 0.6) is 0 Å². The van der Waals surface area contributed by atoms with Crippen LogP contribution >= 0.6 is 0 Å². The summed E-state index contributed by atoms with van der Waals surface area (Å²) in [6.07, 6.45) is 3.30. The molecule has 0 unspecified atom stereocenters. The summed E-state index contributed by atoms with van der Waals surface area (Å²) < 4.78 is 2.12. The Labute approximate surface area is 95.3 Å². The Kier molecular flexibility index (Phi) is 1.89. The number of benzene rings is 1. The van der Waals surface area contributed by atoms with Gasteiger partial charge in [-0.05, 0) is 43.9 Å². The van der Waals surface area contributed by atoms with Crippen molar-refractivity contribution in [3.05, 3.63) is 29.6 Å². The lowest BCUT2D eigenvalue weighted by atomic mass is 10.0. The zero-order valence-corrected chi connectivity index (χ0v) is 9.83. The number of fused-ring (bicyclic) bond motifs is 1. The van der Waals surface area contributed by atoms with Crippen molar-refractivity contribution in [2.24, 2.45) is 12.8 Å². The highest BCUT2D eigenvalue weighted by Crippen LogP contribution is 2.35. The lowest BCUT2D eigenvalue weighted by Crippen LogP contribution is -2.24. The van der Waals surface area contributed by atoms with E-state index in [1.165, 1.54) is 11.1 Å². The predicted octanol–water partition coefficient (Wildman–Crippen LogP) is 1.92. The molecule has 0 amide bonds. The number of nitrogens with zero attached hydrogens (tertiary/aromatic N) is 2. The van der Waals surface area contributed by atoms with E-state index >= 15 is 0 Å². The molecule has 1 fully saturated rings. The van der Waals surface area contributed by atoms with Gasteiger partial charge in [-0.25, -0.2) is 4.98 Å². The molecule has 1 saturated carbocycles. The van der Waals surface area contributed by atoms with E-state index in [2.05, 4.69) is 34.8 Å². The number of imidazole rings is 1. The Hall–Kier alpha value is -1.35. The van der Waals surface area contributed by atoms with Crippen LogP contribution in [0, 0.1) is 6.92 Å². The highest BCUT2D eigenvalue weighted by Gasteiger charge is 2.37. The number of aryl methyl sites for hydroxylation is 2. The Morgan fingerprint density at radius 1 is 1.44 bits per heavy atom. The Morgan fingerprint density at radius 3 is 2.88 bits per heavy atom. The molecule has 0 radical (unpaired) electrons. The summed E-state index contributed by atoms with van der Waals surface area (Å²) in [7, 11) is 2.05. The monoisotopic (exact) mass is 215 g/mol. The van der Waals surface area contributed by atoms with Crippen molar-refractivity contribution in [3.8, 4) is 0 Å². The minimum absolute atomic E-state index is 0.0809. The molecule has 0 spiro atoms. The second-order valence-corrected chi connectivity index (χ2v) is 5.08. The molecule has 2 aromatic rings. The van der Waals surface area contributed by atoms with Gasteiger partial charge < -0.3 is 10.3 Å². The van der Waals surface area contributed by atoms with Gasteiger partial charge in [-0.15, -0.1) is 0 Å². The lowest BCUT2D eigenvalue weighted by molar-refractivity contribution is 0.672. The predicted molar refractivity (Wildman–Crippen MR) is 65.3 cm³/mol. The average Bonchev–Trinajstić information content (AvgIpc) is 2.88. The van der Waals surface area contributed by atoms with Crippen LogP contribution in [-0.4, -0.2) is 15.1 Å². The van der Waals surface area contributed by atoms with E-state index in [0.29, 0.717) is 0 Å². The van der Waals surface area contributed by atoms with Gasteiger partial charge in [-0.2, -0.15) is 0 Å². The molecule has 16 heavy (non-hydrogen) atoms. The molecule has 1 aliphatic carbocycles. The number of aromatic nitrogens is 2. The number of nitrogens with two attached hydrogens (primary N) is 1. The van der Waals surface area contributed by atoms with Gasteiger partial charge in [0.15, 0.2) is 0 Å². The molecule has 84 valence electrons. The largest absolute Gasteiger partial charge is 0.331 e. The molecule has 1 aromatic carbocycles.